The fraction of sp³-hybridized carbons (Fsp3) is 0.102. The molecule has 0 aliphatic heterocycles. The van der Waals surface area contributed by atoms with E-state index < -0.39 is 5.41 Å². The molecule has 0 amide bonds. The number of aryl methyl sites for hydroxylation is 1. The average Bonchev–Trinajstić information content (AvgIpc) is 3.87. The van der Waals surface area contributed by atoms with E-state index in [1.54, 1.807) is 0 Å². The van der Waals surface area contributed by atoms with Crippen molar-refractivity contribution in [1.29, 1.82) is 0 Å². The predicted molar refractivity (Wildman–Crippen MR) is 214 cm³/mol. The highest BCUT2D eigenvalue weighted by molar-refractivity contribution is 7.26. The molecule has 0 bridgehead atoms. The highest BCUT2D eigenvalue weighted by Crippen LogP contribution is 2.58. The number of allylic oxidation sites excluding steroid dienone is 5. The zero-order valence-electron chi connectivity index (χ0n) is 28.1. The van der Waals surface area contributed by atoms with Gasteiger partial charge in [-0.25, -0.2) is 0 Å². The van der Waals surface area contributed by atoms with Crippen molar-refractivity contribution >= 4 is 48.1 Å². The Balaban J connectivity index is 1.14. The summed E-state index contributed by atoms with van der Waals surface area (Å²) in [6, 6.07) is 51.8. The van der Waals surface area contributed by atoms with E-state index in [-0.39, 0.29) is 5.92 Å². The van der Waals surface area contributed by atoms with Crippen LogP contribution in [0.3, 0.4) is 0 Å². The first-order valence-electron chi connectivity index (χ1n) is 18.1. The fourth-order valence-electron chi connectivity index (χ4n) is 9.42. The molecule has 1 nitrogen and oxygen atoms in total. The standard InChI is InChI=1S/C49H34OS/c1-5-25-43-37(17-1)38-18-2-6-26-44(38)49(43,33-15-9-13-31(29-33)35-21-11-23-41-39-19-3-7-27-45(39)50-47(35)41)34-16-10-14-32(30-34)36-22-12-24-42-40-20-4-8-28-46(40)51-48(36)42/h1-10,12-13,15-22,24-30,32H,11,14,23H2. The van der Waals surface area contributed by atoms with Gasteiger partial charge in [-0.2, -0.15) is 0 Å². The molecule has 3 aliphatic rings. The van der Waals surface area contributed by atoms with Crippen molar-refractivity contribution in [3.05, 3.63) is 209 Å². The van der Waals surface area contributed by atoms with E-state index in [4.69, 9.17) is 4.42 Å². The van der Waals surface area contributed by atoms with Gasteiger partial charge in [0.25, 0.3) is 0 Å². The molecule has 242 valence electrons. The molecule has 0 saturated carbocycles. The third kappa shape index (κ3) is 4.14. The summed E-state index contributed by atoms with van der Waals surface area (Å²) >= 11 is 1.93. The quantitative estimate of drug-likeness (QED) is 0.182. The summed E-state index contributed by atoms with van der Waals surface area (Å²) in [6.45, 7) is 0. The Kier molecular flexibility index (Phi) is 6.36. The van der Waals surface area contributed by atoms with Crippen molar-refractivity contribution in [2.24, 2.45) is 0 Å². The molecule has 3 aliphatic carbocycles. The summed E-state index contributed by atoms with van der Waals surface area (Å²) in [5.41, 5.74) is 13.6. The summed E-state index contributed by atoms with van der Waals surface area (Å²) in [5, 5.41) is 3.95. The monoisotopic (exact) mass is 670 g/mol. The number of hydrogen-bond acceptors (Lipinski definition) is 2. The lowest BCUT2D eigenvalue weighted by Crippen LogP contribution is -2.30. The Bertz CT molecular complexity index is 2750. The molecule has 51 heavy (non-hydrogen) atoms. The van der Waals surface area contributed by atoms with Crippen LogP contribution in [0.4, 0.5) is 0 Å². The Morgan fingerprint density at radius 2 is 1.39 bits per heavy atom. The van der Waals surface area contributed by atoms with Gasteiger partial charge in [-0.3, -0.25) is 0 Å². The van der Waals surface area contributed by atoms with Gasteiger partial charge in [0.05, 0.1) is 5.41 Å². The lowest BCUT2D eigenvalue weighted by molar-refractivity contribution is 0.591. The second kappa shape index (κ2) is 11.2. The molecule has 11 rings (SSSR count). The number of thiophene rings is 1. The van der Waals surface area contributed by atoms with Crippen LogP contribution in [0.1, 0.15) is 57.9 Å². The SMILES string of the molecule is C1=CC(C2(c3cccc(C4=CCCc5c4oc4ccccc54)c3)c3ccccc3-c3ccccc32)=CC(c2cccc3c2sc2ccccc23)C1. The third-order valence-electron chi connectivity index (χ3n) is 11.6. The Morgan fingerprint density at radius 1 is 0.667 bits per heavy atom. The Hall–Kier alpha value is -5.70. The van der Waals surface area contributed by atoms with E-state index in [1.165, 1.54) is 81.2 Å². The minimum Gasteiger partial charge on any atom is -0.456 e. The largest absolute Gasteiger partial charge is 0.456 e. The molecular formula is C49H34OS. The Morgan fingerprint density at radius 3 is 2.25 bits per heavy atom. The average molecular weight is 671 g/mol. The molecule has 0 spiro atoms. The van der Waals surface area contributed by atoms with Gasteiger partial charge in [-0.1, -0.05) is 146 Å². The number of fused-ring (bicyclic) bond motifs is 9. The van der Waals surface area contributed by atoms with E-state index in [2.05, 4.69) is 164 Å². The number of benzene rings is 6. The lowest BCUT2D eigenvalue weighted by Gasteiger charge is -2.37. The van der Waals surface area contributed by atoms with E-state index in [9.17, 15) is 0 Å². The van der Waals surface area contributed by atoms with E-state index in [1.807, 2.05) is 11.3 Å². The normalized spacial score (nSPS) is 17.3. The van der Waals surface area contributed by atoms with Gasteiger partial charge < -0.3 is 4.42 Å². The Labute approximate surface area is 301 Å². The summed E-state index contributed by atoms with van der Waals surface area (Å²) < 4.78 is 9.37. The highest BCUT2D eigenvalue weighted by Gasteiger charge is 2.47. The van der Waals surface area contributed by atoms with Crippen LogP contribution in [0.15, 0.2) is 174 Å². The van der Waals surface area contributed by atoms with Gasteiger partial charge in [0, 0.05) is 42.6 Å². The zero-order chi connectivity index (χ0) is 33.5. The van der Waals surface area contributed by atoms with Crippen LogP contribution in [0.2, 0.25) is 0 Å². The maximum absolute atomic E-state index is 6.61. The van der Waals surface area contributed by atoms with Crippen LogP contribution in [0.5, 0.6) is 0 Å². The van der Waals surface area contributed by atoms with Gasteiger partial charge >= 0.3 is 0 Å². The molecule has 1 unspecified atom stereocenters. The number of rotatable bonds is 4. The molecule has 2 aromatic heterocycles. The van der Waals surface area contributed by atoms with Gasteiger partial charge in [0.1, 0.15) is 11.3 Å². The maximum Gasteiger partial charge on any atom is 0.138 e. The van der Waals surface area contributed by atoms with Gasteiger partial charge in [-0.15, -0.1) is 11.3 Å². The van der Waals surface area contributed by atoms with Crippen molar-refractivity contribution in [2.75, 3.05) is 0 Å². The van der Waals surface area contributed by atoms with E-state index >= 15 is 0 Å². The molecule has 0 N–H and O–H groups in total. The molecule has 0 saturated heterocycles. The van der Waals surface area contributed by atoms with Crippen LogP contribution in [0.25, 0.3) is 47.8 Å². The second-order valence-electron chi connectivity index (χ2n) is 14.2. The van der Waals surface area contributed by atoms with Crippen molar-refractivity contribution < 1.29 is 4.42 Å². The fourth-order valence-corrected chi connectivity index (χ4v) is 10.7. The number of para-hydroxylation sites is 1. The minimum atomic E-state index is -0.474. The van der Waals surface area contributed by atoms with E-state index in [0.29, 0.717) is 0 Å². The van der Waals surface area contributed by atoms with Crippen LogP contribution >= 0.6 is 11.3 Å². The minimum absolute atomic E-state index is 0.265. The molecule has 0 radical (unpaired) electrons. The molecule has 0 fully saturated rings. The van der Waals surface area contributed by atoms with Crippen molar-refractivity contribution in [3.8, 4) is 11.1 Å². The summed E-state index contributed by atoms with van der Waals surface area (Å²) in [4.78, 5) is 0. The van der Waals surface area contributed by atoms with Crippen molar-refractivity contribution in [2.45, 2.75) is 30.6 Å². The number of hydrogen-bond donors (Lipinski definition) is 0. The summed E-state index contributed by atoms with van der Waals surface area (Å²) in [6.07, 6.45) is 12.8. The first-order chi connectivity index (χ1) is 25.3. The molecule has 1 atom stereocenters. The predicted octanol–water partition coefficient (Wildman–Crippen LogP) is 13.2. The van der Waals surface area contributed by atoms with Crippen LogP contribution in [0, 0.1) is 0 Å². The summed E-state index contributed by atoms with van der Waals surface area (Å²) in [5.74, 6) is 1.29. The van der Waals surface area contributed by atoms with Gasteiger partial charge in [0.15, 0.2) is 0 Å². The zero-order valence-corrected chi connectivity index (χ0v) is 28.9. The van der Waals surface area contributed by atoms with Gasteiger partial charge in [0.2, 0.25) is 0 Å². The molecule has 8 aromatic rings. The molecule has 2 heterocycles. The van der Waals surface area contributed by atoms with Crippen molar-refractivity contribution in [3.63, 3.8) is 0 Å². The number of furan rings is 1. The lowest BCUT2D eigenvalue weighted by atomic mass is 9.65. The van der Waals surface area contributed by atoms with Crippen LogP contribution in [-0.2, 0) is 11.8 Å². The first kappa shape index (κ1) is 29.1. The van der Waals surface area contributed by atoms with E-state index in [0.717, 1.165) is 30.6 Å². The molecule has 6 aromatic carbocycles. The maximum atomic E-state index is 6.61. The van der Waals surface area contributed by atoms with Crippen LogP contribution < -0.4 is 0 Å². The second-order valence-corrected chi connectivity index (χ2v) is 15.2. The first-order valence-corrected chi connectivity index (χ1v) is 18.9. The highest BCUT2D eigenvalue weighted by atomic mass is 32.1. The third-order valence-corrected chi connectivity index (χ3v) is 12.8. The smallest absolute Gasteiger partial charge is 0.138 e. The summed E-state index contributed by atoms with van der Waals surface area (Å²) in [7, 11) is 0. The van der Waals surface area contributed by atoms with Crippen LogP contribution in [-0.4, -0.2) is 0 Å². The molecular weight excluding hydrogens is 637 g/mol. The topological polar surface area (TPSA) is 13.1 Å². The van der Waals surface area contributed by atoms with Gasteiger partial charge in [-0.05, 0) is 82.0 Å². The molecule has 2 heteroatoms. The van der Waals surface area contributed by atoms with Crippen molar-refractivity contribution in [1.82, 2.24) is 0 Å².